The van der Waals surface area contributed by atoms with Gasteiger partial charge in [-0.25, -0.2) is 4.39 Å². The molecule has 1 heterocycles. The van der Waals surface area contributed by atoms with Gasteiger partial charge in [-0.1, -0.05) is 0 Å². The monoisotopic (exact) mass is 369 g/mol. The minimum atomic E-state index is -4.44. The third-order valence-corrected chi connectivity index (χ3v) is 3.73. The number of halogens is 5. The zero-order valence-electron chi connectivity index (χ0n) is 13.1. The van der Waals surface area contributed by atoms with E-state index in [0.29, 0.717) is 18.7 Å². The van der Waals surface area contributed by atoms with Crippen molar-refractivity contribution in [2.24, 2.45) is 0 Å². The van der Waals surface area contributed by atoms with Gasteiger partial charge in [0.25, 0.3) is 5.91 Å². The SMILES string of the molecule is Cc1cc(F)cc(C(=O)NCC(N2CCNCC2)C(F)(F)F)c1.Cl. The van der Waals surface area contributed by atoms with Crippen molar-refractivity contribution >= 4 is 18.3 Å². The highest BCUT2D eigenvalue weighted by Gasteiger charge is 2.43. The summed E-state index contributed by atoms with van der Waals surface area (Å²) in [4.78, 5) is 13.3. The van der Waals surface area contributed by atoms with Crippen LogP contribution >= 0.6 is 12.4 Å². The van der Waals surface area contributed by atoms with E-state index in [2.05, 4.69) is 10.6 Å². The number of piperazine rings is 1. The molecule has 4 nitrogen and oxygen atoms in total. The molecule has 136 valence electrons. The highest BCUT2D eigenvalue weighted by molar-refractivity contribution is 5.94. The van der Waals surface area contributed by atoms with Gasteiger partial charge >= 0.3 is 6.18 Å². The summed E-state index contributed by atoms with van der Waals surface area (Å²) in [6.45, 7) is 2.53. The maximum Gasteiger partial charge on any atom is 0.405 e. The largest absolute Gasteiger partial charge is 0.405 e. The summed E-state index contributed by atoms with van der Waals surface area (Å²) in [6.07, 6.45) is -4.44. The predicted octanol–water partition coefficient (Wildman–Crippen LogP) is 2.12. The van der Waals surface area contributed by atoms with E-state index in [1.807, 2.05) is 0 Å². The minimum absolute atomic E-state index is 0. The van der Waals surface area contributed by atoms with Gasteiger partial charge in [0.1, 0.15) is 11.9 Å². The number of aryl methyl sites for hydroxylation is 1. The zero-order chi connectivity index (χ0) is 17.0. The quantitative estimate of drug-likeness (QED) is 0.799. The summed E-state index contributed by atoms with van der Waals surface area (Å²) in [7, 11) is 0. The van der Waals surface area contributed by atoms with Crippen LogP contribution in [0.15, 0.2) is 18.2 Å². The van der Waals surface area contributed by atoms with Crippen molar-refractivity contribution in [2.75, 3.05) is 32.7 Å². The highest BCUT2D eigenvalue weighted by Crippen LogP contribution is 2.24. The molecule has 0 aliphatic carbocycles. The molecule has 0 bridgehead atoms. The van der Waals surface area contributed by atoms with Gasteiger partial charge in [0.05, 0.1) is 0 Å². The average molecular weight is 370 g/mol. The van der Waals surface area contributed by atoms with E-state index >= 15 is 0 Å². The first-order chi connectivity index (χ1) is 10.8. The number of hydrogen-bond acceptors (Lipinski definition) is 3. The molecule has 1 aliphatic heterocycles. The Morgan fingerprint density at radius 1 is 1.29 bits per heavy atom. The molecule has 1 atom stereocenters. The number of hydrogen-bond donors (Lipinski definition) is 2. The summed E-state index contributed by atoms with van der Waals surface area (Å²) < 4.78 is 52.9. The van der Waals surface area contributed by atoms with Crippen molar-refractivity contribution in [3.8, 4) is 0 Å². The normalized spacial score (nSPS) is 17.0. The lowest BCUT2D eigenvalue weighted by atomic mass is 10.1. The molecule has 1 saturated heterocycles. The summed E-state index contributed by atoms with van der Waals surface area (Å²) in [6, 6.07) is 1.95. The van der Waals surface area contributed by atoms with E-state index in [4.69, 9.17) is 0 Å². The molecule has 1 unspecified atom stereocenters. The van der Waals surface area contributed by atoms with Crippen LogP contribution in [-0.4, -0.2) is 55.7 Å². The van der Waals surface area contributed by atoms with Crippen LogP contribution < -0.4 is 10.6 Å². The van der Waals surface area contributed by atoms with Crippen molar-refractivity contribution in [1.82, 2.24) is 15.5 Å². The maximum absolute atomic E-state index is 13.3. The van der Waals surface area contributed by atoms with Crippen LogP contribution in [-0.2, 0) is 0 Å². The van der Waals surface area contributed by atoms with Gasteiger partial charge in [0.2, 0.25) is 0 Å². The number of carbonyl (C=O) groups is 1. The Kier molecular flexibility index (Phi) is 7.44. The number of nitrogens with one attached hydrogen (secondary N) is 2. The molecule has 0 spiro atoms. The van der Waals surface area contributed by atoms with Gasteiger partial charge in [-0.2, -0.15) is 13.2 Å². The van der Waals surface area contributed by atoms with Crippen molar-refractivity contribution in [2.45, 2.75) is 19.1 Å². The molecule has 0 aromatic heterocycles. The zero-order valence-corrected chi connectivity index (χ0v) is 13.9. The highest BCUT2D eigenvalue weighted by atomic mass is 35.5. The van der Waals surface area contributed by atoms with Gasteiger partial charge in [-0.15, -0.1) is 12.4 Å². The van der Waals surface area contributed by atoms with E-state index < -0.39 is 30.5 Å². The smallest absolute Gasteiger partial charge is 0.350 e. The molecule has 1 amide bonds. The second-order valence-corrected chi connectivity index (χ2v) is 5.57. The van der Waals surface area contributed by atoms with Crippen molar-refractivity contribution in [3.63, 3.8) is 0 Å². The predicted molar refractivity (Wildman–Crippen MR) is 85.0 cm³/mol. The lowest BCUT2D eigenvalue weighted by Gasteiger charge is -2.35. The molecule has 0 radical (unpaired) electrons. The number of carbonyl (C=O) groups excluding carboxylic acids is 1. The maximum atomic E-state index is 13.3. The van der Waals surface area contributed by atoms with Crippen molar-refractivity contribution < 1.29 is 22.4 Å². The fourth-order valence-electron chi connectivity index (χ4n) is 2.60. The first-order valence-electron chi connectivity index (χ1n) is 7.34. The molecule has 24 heavy (non-hydrogen) atoms. The summed E-state index contributed by atoms with van der Waals surface area (Å²) in [5.41, 5.74) is 0.549. The molecule has 1 aliphatic rings. The van der Waals surface area contributed by atoms with Crippen LogP contribution in [0.25, 0.3) is 0 Å². The summed E-state index contributed by atoms with van der Waals surface area (Å²) in [5.74, 6) is -1.30. The standard InChI is InChI=1S/C15H19F4N3O.ClH/c1-10-6-11(8-12(16)7-10)14(23)21-9-13(15(17,18)19)22-4-2-20-3-5-22;/h6-8,13,20H,2-5,9H2,1H3,(H,21,23);1H. The Morgan fingerprint density at radius 2 is 1.92 bits per heavy atom. The van der Waals surface area contributed by atoms with Crippen LogP contribution in [0.5, 0.6) is 0 Å². The number of alkyl halides is 3. The van der Waals surface area contributed by atoms with E-state index in [1.54, 1.807) is 6.92 Å². The summed E-state index contributed by atoms with van der Waals surface area (Å²) >= 11 is 0. The van der Waals surface area contributed by atoms with Crippen LogP contribution in [0.3, 0.4) is 0 Å². The Balaban J connectivity index is 0.00000288. The van der Waals surface area contributed by atoms with E-state index in [9.17, 15) is 22.4 Å². The Hall–Kier alpha value is -1.38. The molecular formula is C15H20ClF4N3O. The second kappa shape index (κ2) is 8.64. The minimum Gasteiger partial charge on any atom is -0.350 e. The number of amides is 1. The first kappa shape index (κ1) is 20.7. The first-order valence-corrected chi connectivity index (χ1v) is 7.34. The van der Waals surface area contributed by atoms with Crippen molar-refractivity contribution in [1.29, 1.82) is 0 Å². The van der Waals surface area contributed by atoms with Crippen LogP contribution in [0.1, 0.15) is 15.9 Å². The molecule has 9 heteroatoms. The van der Waals surface area contributed by atoms with Gasteiger partial charge in [-0.05, 0) is 30.7 Å². The van der Waals surface area contributed by atoms with Gasteiger partial charge in [0.15, 0.2) is 0 Å². The van der Waals surface area contributed by atoms with E-state index in [-0.39, 0.29) is 31.1 Å². The Bertz CT molecular complexity index is 542. The van der Waals surface area contributed by atoms with E-state index in [0.717, 1.165) is 6.07 Å². The lowest BCUT2D eigenvalue weighted by molar-refractivity contribution is -0.183. The lowest BCUT2D eigenvalue weighted by Crippen LogP contribution is -2.57. The van der Waals surface area contributed by atoms with Crippen molar-refractivity contribution in [3.05, 3.63) is 35.1 Å². The van der Waals surface area contributed by atoms with Gasteiger partial charge in [-0.3, -0.25) is 9.69 Å². The second-order valence-electron chi connectivity index (χ2n) is 5.57. The molecular weight excluding hydrogens is 350 g/mol. The summed E-state index contributed by atoms with van der Waals surface area (Å²) in [5, 5.41) is 5.26. The average Bonchev–Trinajstić information content (AvgIpc) is 2.46. The molecule has 1 aromatic carbocycles. The molecule has 2 N–H and O–H groups in total. The molecule has 1 fully saturated rings. The topological polar surface area (TPSA) is 44.4 Å². The van der Waals surface area contributed by atoms with Gasteiger partial charge < -0.3 is 10.6 Å². The van der Waals surface area contributed by atoms with Crippen LogP contribution in [0, 0.1) is 12.7 Å². The number of benzene rings is 1. The molecule has 2 rings (SSSR count). The van der Waals surface area contributed by atoms with E-state index in [1.165, 1.54) is 17.0 Å². The molecule has 1 aromatic rings. The Morgan fingerprint density at radius 3 is 2.46 bits per heavy atom. The fourth-order valence-corrected chi connectivity index (χ4v) is 2.60. The van der Waals surface area contributed by atoms with Crippen LogP contribution in [0.4, 0.5) is 17.6 Å². The third-order valence-electron chi connectivity index (χ3n) is 3.73. The third kappa shape index (κ3) is 5.61. The molecule has 0 saturated carbocycles. The fraction of sp³-hybridized carbons (Fsp3) is 0.533. The van der Waals surface area contributed by atoms with Gasteiger partial charge in [0, 0.05) is 38.3 Å². The van der Waals surface area contributed by atoms with Crippen LogP contribution in [0.2, 0.25) is 0 Å². The number of rotatable bonds is 4. The number of nitrogens with zero attached hydrogens (tertiary/aromatic N) is 1. The Labute approximate surface area is 144 Å².